The van der Waals surface area contributed by atoms with Gasteiger partial charge in [0.1, 0.15) is 18.1 Å². The largest absolute Gasteiger partial charge is 0.480 e. The molecule has 0 aliphatic carbocycles. The number of carbonyl (C=O) groups excluding carboxylic acids is 4. The first-order chi connectivity index (χ1) is 15.8. The van der Waals surface area contributed by atoms with Gasteiger partial charge in [-0.1, -0.05) is 13.8 Å². The molecule has 5 unspecified atom stereocenters. The SMILES string of the molecule is CC(C)CC(NC(=O)C(NC(=O)C(N)CC(N)=O)C(C)O)C(=O)NC(Cc1cnc[nH]1)C(=O)O. The van der Waals surface area contributed by atoms with Gasteiger partial charge in [0.25, 0.3) is 0 Å². The first-order valence-electron chi connectivity index (χ1n) is 10.6. The van der Waals surface area contributed by atoms with Crippen LogP contribution in [0.5, 0.6) is 0 Å². The number of primary amides is 1. The highest BCUT2D eigenvalue weighted by Gasteiger charge is 2.33. The van der Waals surface area contributed by atoms with Crippen molar-refractivity contribution in [3.05, 3.63) is 18.2 Å². The van der Waals surface area contributed by atoms with Crippen molar-refractivity contribution in [2.75, 3.05) is 0 Å². The second-order valence-electron chi connectivity index (χ2n) is 8.37. The lowest BCUT2D eigenvalue weighted by Crippen LogP contribution is -2.60. The lowest BCUT2D eigenvalue weighted by atomic mass is 10.0. The number of nitrogens with two attached hydrogens (primary N) is 2. The molecule has 1 aromatic rings. The summed E-state index contributed by atoms with van der Waals surface area (Å²) in [5.74, 6) is -4.72. The number of carbonyl (C=O) groups is 5. The molecule has 4 amide bonds. The predicted octanol–water partition coefficient (Wildman–Crippen LogP) is -2.88. The zero-order chi connectivity index (χ0) is 26.0. The molecule has 0 aliphatic heterocycles. The summed E-state index contributed by atoms with van der Waals surface area (Å²) in [6.07, 6.45) is 1.04. The van der Waals surface area contributed by atoms with Crippen LogP contribution in [0, 0.1) is 5.92 Å². The zero-order valence-electron chi connectivity index (χ0n) is 19.3. The molecule has 0 aliphatic rings. The highest BCUT2D eigenvalue weighted by atomic mass is 16.4. The Balaban J connectivity index is 2.95. The molecule has 0 bridgehead atoms. The second kappa shape index (κ2) is 13.3. The molecule has 34 heavy (non-hydrogen) atoms. The standard InChI is InChI=1S/C20H33N7O7/c1-9(2)4-13(18(31)26-14(20(33)34)5-11-7-23-8-24-11)25-19(32)16(10(3)28)27-17(30)12(21)6-15(22)29/h7-10,12-14,16,28H,4-6,21H2,1-3H3,(H2,22,29)(H,23,24)(H,25,32)(H,26,31)(H,27,30)(H,33,34). The Morgan fingerprint density at radius 2 is 1.65 bits per heavy atom. The highest BCUT2D eigenvalue weighted by molar-refractivity contribution is 5.95. The van der Waals surface area contributed by atoms with Crippen LogP contribution >= 0.6 is 0 Å². The number of aliphatic hydroxyl groups is 1. The van der Waals surface area contributed by atoms with Crippen molar-refractivity contribution in [1.29, 1.82) is 0 Å². The minimum Gasteiger partial charge on any atom is -0.480 e. The topological polar surface area (TPSA) is 243 Å². The van der Waals surface area contributed by atoms with Crippen LogP contribution in [0.25, 0.3) is 0 Å². The van der Waals surface area contributed by atoms with E-state index in [0.717, 1.165) is 0 Å². The minimum absolute atomic E-state index is 0.0620. The third-order valence-corrected chi connectivity index (χ3v) is 4.75. The van der Waals surface area contributed by atoms with Crippen LogP contribution in [0.4, 0.5) is 0 Å². The van der Waals surface area contributed by atoms with Crippen molar-refractivity contribution in [3.8, 4) is 0 Å². The van der Waals surface area contributed by atoms with Gasteiger partial charge in [0.15, 0.2) is 0 Å². The van der Waals surface area contributed by atoms with E-state index in [1.54, 1.807) is 13.8 Å². The number of carboxylic acids is 1. The number of nitrogens with one attached hydrogen (secondary N) is 4. The van der Waals surface area contributed by atoms with Gasteiger partial charge >= 0.3 is 5.97 Å². The van der Waals surface area contributed by atoms with Crippen LogP contribution in [0.15, 0.2) is 12.5 Å². The van der Waals surface area contributed by atoms with Crippen LogP contribution in [0.2, 0.25) is 0 Å². The second-order valence-corrected chi connectivity index (χ2v) is 8.37. The zero-order valence-corrected chi connectivity index (χ0v) is 19.3. The fourth-order valence-corrected chi connectivity index (χ4v) is 3.03. The first-order valence-corrected chi connectivity index (χ1v) is 10.6. The summed E-state index contributed by atoms with van der Waals surface area (Å²) in [6.45, 7) is 4.83. The number of imidazole rings is 1. The molecule has 190 valence electrons. The number of aliphatic carboxylic acids is 1. The molecule has 1 rings (SSSR count). The molecule has 0 spiro atoms. The van der Waals surface area contributed by atoms with Gasteiger partial charge in [-0.25, -0.2) is 9.78 Å². The van der Waals surface area contributed by atoms with Gasteiger partial charge in [0, 0.05) is 18.3 Å². The average Bonchev–Trinajstić information content (AvgIpc) is 3.22. The minimum atomic E-state index is -1.49. The third-order valence-electron chi connectivity index (χ3n) is 4.75. The monoisotopic (exact) mass is 483 g/mol. The summed E-state index contributed by atoms with van der Waals surface area (Å²) in [6, 6.07) is -5.28. The number of amides is 4. The lowest BCUT2D eigenvalue weighted by Gasteiger charge is -2.27. The molecule has 14 heteroatoms. The van der Waals surface area contributed by atoms with Crippen molar-refractivity contribution in [2.24, 2.45) is 17.4 Å². The van der Waals surface area contributed by atoms with E-state index in [1.807, 2.05) is 0 Å². The molecule has 5 atom stereocenters. The van der Waals surface area contributed by atoms with Crippen LogP contribution < -0.4 is 27.4 Å². The number of hydrogen-bond acceptors (Lipinski definition) is 8. The van der Waals surface area contributed by atoms with Crippen molar-refractivity contribution in [3.63, 3.8) is 0 Å². The number of aromatic amines is 1. The molecule has 14 nitrogen and oxygen atoms in total. The van der Waals surface area contributed by atoms with Crippen molar-refractivity contribution >= 4 is 29.6 Å². The normalized spacial score (nSPS) is 15.5. The Hall–Kier alpha value is -3.52. The van der Waals surface area contributed by atoms with Gasteiger partial charge < -0.3 is 42.6 Å². The van der Waals surface area contributed by atoms with E-state index in [4.69, 9.17) is 11.5 Å². The molecule has 0 saturated heterocycles. The fourth-order valence-electron chi connectivity index (χ4n) is 3.03. The number of nitrogens with zero attached hydrogens (tertiary/aromatic N) is 1. The quantitative estimate of drug-likeness (QED) is 0.135. The molecular weight excluding hydrogens is 450 g/mol. The van der Waals surface area contributed by atoms with Crippen LogP contribution in [-0.2, 0) is 30.4 Å². The van der Waals surface area contributed by atoms with Crippen LogP contribution in [-0.4, -0.2) is 80.1 Å². The Kier molecular flexibility index (Phi) is 11.1. The maximum Gasteiger partial charge on any atom is 0.326 e. The smallest absolute Gasteiger partial charge is 0.326 e. The number of carboxylic acid groups (broad SMARTS) is 1. The van der Waals surface area contributed by atoms with Crippen molar-refractivity contribution < 1.29 is 34.2 Å². The number of aliphatic hydroxyl groups excluding tert-OH is 1. The Morgan fingerprint density at radius 3 is 2.12 bits per heavy atom. The maximum atomic E-state index is 12.9. The van der Waals surface area contributed by atoms with Gasteiger partial charge in [0.2, 0.25) is 23.6 Å². The van der Waals surface area contributed by atoms with E-state index in [9.17, 15) is 34.2 Å². The summed E-state index contributed by atoms with van der Waals surface area (Å²) in [7, 11) is 0. The number of hydrogen-bond donors (Lipinski definition) is 8. The summed E-state index contributed by atoms with van der Waals surface area (Å²) in [5.41, 5.74) is 11.1. The summed E-state index contributed by atoms with van der Waals surface area (Å²) in [4.78, 5) is 67.0. The fraction of sp³-hybridized carbons (Fsp3) is 0.600. The Bertz CT molecular complexity index is 857. The lowest BCUT2D eigenvalue weighted by molar-refractivity contribution is -0.142. The van der Waals surface area contributed by atoms with E-state index in [-0.39, 0.29) is 18.8 Å². The Labute approximate surface area is 196 Å². The molecule has 1 heterocycles. The highest BCUT2D eigenvalue weighted by Crippen LogP contribution is 2.08. The van der Waals surface area contributed by atoms with Crippen molar-refractivity contribution in [1.82, 2.24) is 25.9 Å². The molecule has 0 radical (unpaired) electrons. The molecule has 1 aromatic heterocycles. The Morgan fingerprint density at radius 1 is 1.03 bits per heavy atom. The van der Waals surface area contributed by atoms with E-state index in [0.29, 0.717) is 5.69 Å². The van der Waals surface area contributed by atoms with E-state index in [1.165, 1.54) is 19.4 Å². The van der Waals surface area contributed by atoms with Gasteiger partial charge in [-0.15, -0.1) is 0 Å². The van der Waals surface area contributed by atoms with Gasteiger partial charge in [-0.2, -0.15) is 0 Å². The number of rotatable bonds is 14. The summed E-state index contributed by atoms with van der Waals surface area (Å²) in [5, 5.41) is 26.5. The molecule has 0 saturated carbocycles. The van der Waals surface area contributed by atoms with Gasteiger partial charge in [0.05, 0.1) is 24.9 Å². The first kappa shape index (κ1) is 28.5. The molecule has 0 aromatic carbocycles. The van der Waals surface area contributed by atoms with E-state index >= 15 is 0 Å². The summed E-state index contributed by atoms with van der Waals surface area (Å²) < 4.78 is 0. The molecule has 10 N–H and O–H groups in total. The summed E-state index contributed by atoms with van der Waals surface area (Å²) >= 11 is 0. The third kappa shape index (κ3) is 9.54. The predicted molar refractivity (Wildman–Crippen MR) is 119 cm³/mol. The number of aromatic nitrogens is 2. The molecular formula is C20H33N7O7. The van der Waals surface area contributed by atoms with E-state index in [2.05, 4.69) is 25.9 Å². The van der Waals surface area contributed by atoms with E-state index < -0.39 is 66.3 Å². The van der Waals surface area contributed by atoms with Crippen LogP contribution in [0.3, 0.4) is 0 Å². The van der Waals surface area contributed by atoms with Gasteiger partial charge in [-0.3, -0.25) is 19.2 Å². The van der Waals surface area contributed by atoms with Crippen LogP contribution in [0.1, 0.15) is 39.3 Å². The van der Waals surface area contributed by atoms with Gasteiger partial charge in [-0.05, 0) is 19.3 Å². The number of H-pyrrole nitrogens is 1. The van der Waals surface area contributed by atoms with Crippen molar-refractivity contribution in [2.45, 2.75) is 70.3 Å². The average molecular weight is 484 g/mol. The molecule has 0 fully saturated rings. The maximum absolute atomic E-state index is 12.9.